The van der Waals surface area contributed by atoms with Crippen LogP contribution in [-0.2, 0) is 11.3 Å². The van der Waals surface area contributed by atoms with E-state index in [0.717, 1.165) is 27.5 Å². The van der Waals surface area contributed by atoms with E-state index >= 15 is 0 Å². The van der Waals surface area contributed by atoms with Gasteiger partial charge in [-0.05, 0) is 54.0 Å². The van der Waals surface area contributed by atoms with Gasteiger partial charge in [0.15, 0.2) is 5.11 Å². The smallest absolute Gasteiger partial charge is 0.340 e. The van der Waals surface area contributed by atoms with Gasteiger partial charge >= 0.3 is 5.97 Å². The monoisotopic (exact) mass is 526 g/mol. The van der Waals surface area contributed by atoms with Crippen molar-refractivity contribution >= 4 is 56.1 Å². The van der Waals surface area contributed by atoms with Crippen LogP contribution in [0.5, 0.6) is 0 Å². The quantitative estimate of drug-likeness (QED) is 0.183. The summed E-state index contributed by atoms with van der Waals surface area (Å²) in [7, 11) is 1.37. The van der Waals surface area contributed by atoms with Crippen molar-refractivity contribution in [2.24, 2.45) is 0 Å². The predicted octanol–water partition coefficient (Wildman–Crippen LogP) is 7.03. The van der Waals surface area contributed by atoms with Crippen molar-refractivity contribution in [1.29, 1.82) is 0 Å². The number of thiocarbonyl (C=S) groups is 1. The molecule has 0 fully saturated rings. The Morgan fingerprint density at radius 1 is 1.00 bits per heavy atom. The molecule has 2 heterocycles. The van der Waals surface area contributed by atoms with Crippen molar-refractivity contribution in [2.75, 3.05) is 17.7 Å². The minimum Gasteiger partial charge on any atom is -0.465 e. The van der Waals surface area contributed by atoms with Crippen LogP contribution >= 0.6 is 23.6 Å². The molecule has 0 aliphatic carbocycles. The number of hydrogen-bond acceptors (Lipinski definition) is 5. The standard InChI is InChI=1S/C29H26N4O2S2/c1-18-26(19(2)33(32-18)17-22-14-9-13-20-10-7-8-15-23(20)22)30-29(36)31-27-24(28(34)35-3)16-25(37-27)21-11-5-4-6-12-21/h4-16H,17H2,1-3H3,(H2,30,31,36). The zero-order valence-electron chi connectivity index (χ0n) is 20.7. The van der Waals surface area contributed by atoms with Crippen molar-refractivity contribution in [3.05, 3.63) is 101 Å². The lowest BCUT2D eigenvalue weighted by molar-refractivity contribution is 0.0602. The second-order valence-corrected chi connectivity index (χ2v) is 10.1. The van der Waals surface area contributed by atoms with Crippen LogP contribution in [0.4, 0.5) is 10.7 Å². The number of anilines is 2. The molecule has 0 atom stereocenters. The Morgan fingerprint density at radius 2 is 1.73 bits per heavy atom. The molecule has 0 radical (unpaired) electrons. The number of hydrogen-bond donors (Lipinski definition) is 2. The molecule has 3 aromatic carbocycles. The molecule has 2 aromatic heterocycles. The van der Waals surface area contributed by atoms with Gasteiger partial charge in [-0.25, -0.2) is 4.79 Å². The van der Waals surface area contributed by atoms with Crippen molar-refractivity contribution in [3.8, 4) is 10.4 Å². The zero-order chi connectivity index (χ0) is 25.9. The van der Waals surface area contributed by atoms with Crippen LogP contribution in [0.2, 0.25) is 0 Å². The minimum atomic E-state index is -0.418. The third kappa shape index (κ3) is 5.12. The molecule has 0 aliphatic rings. The first-order valence-corrected chi connectivity index (χ1v) is 13.0. The molecular weight excluding hydrogens is 500 g/mol. The molecule has 0 spiro atoms. The summed E-state index contributed by atoms with van der Waals surface area (Å²) >= 11 is 7.09. The number of esters is 1. The average Bonchev–Trinajstić information content (AvgIpc) is 3.45. The third-order valence-electron chi connectivity index (χ3n) is 6.24. The van der Waals surface area contributed by atoms with Gasteiger partial charge in [-0.3, -0.25) is 4.68 Å². The molecular formula is C29H26N4O2S2. The summed E-state index contributed by atoms with van der Waals surface area (Å²) in [4.78, 5) is 13.4. The lowest BCUT2D eigenvalue weighted by Crippen LogP contribution is -2.20. The first-order chi connectivity index (χ1) is 17.9. The van der Waals surface area contributed by atoms with Crippen molar-refractivity contribution < 1.29 is 9.53 Å². The van der Waals surface area contributed by atoms with Gasteiger partial charge in [0.05, 0.1) is 36.3 Å². The maximum Gasteiger partial charge on any atom is 0.340 e. The van der Waals surface area contributed by atoms with Gasteiger partial charge in [-0.2, -0.15) is 5.10 Å². The third-order valence-corrected chi connectivity index (χ3v) is 7.55. The van der Waals surface area contributed by atoms with Gasteiger partial charge in [0, 0.05) is 4.88 Å². The van der Waals surface area contributed by atoms with Crippen LogP contribution in [-0.4, -0.2) is 28.0 Å². The first kappa shape index (κ1) is 24.7. The number of nitrogens with one attached hydrogen (secondary N) is 2. The van der Waals surface area contributed by atoms with Crippen LogP contribution < -0.4 is 10.6 Å². The number of aromatic nitrogens is 2. The highest BCUT2D eigenvalue weighted by Crippen LogP contribution is 2.36. The number of rotatable bonds is 6. The molecule has 0 saturated heterocycles. The van der Waals surface area contributed by atoms with E-state index in [0.29, 0.717) is 22.2 Å². The minimum absolute atomic E-state index is 0.377. The molecule has 0 unspecified atom stereocenters. The van der Waals surface area contributed by atoms with Crippen molar-refractivity contribution in [2.45, 2.75) is 20.4 Å². The van der Waals surface area contributed by atoms with E-state index in [9.17, 15) is 4.79 Å². The number of aryl methyl sites for hydroxylation is 1. The number of fused-ring (bicyclic) bond motifs is 1. The van der Waals surface area contributed by atoms with E-state index in [2.05, 4.69) is 47.0 Å². The zero-order valence-corrected chi connectivity index (χ0v) is 22.4. The Hall–Kier alpha value is -4.01. The fourth-order valence-electron chi connectivity index (χ4n) is 4.36. The highest BCUT2D eigenvalue weighted by atomic mass is 32.1. The summed E-state index contributed by atoms with van der Waals surface area (Å²) in [5.74, 6) is -0.418. The number of thiophene rings is 1. The van der Waals surface area contributed by atoms with E-state index < -0.39 is 5.97 Å². The van der Waals surface area contributed by atoms with E-state index in [-0.39, 0.29) is 0 Å². The molecule has 6 nitrogen and oxygen atoms in total. The number of carbonyl (C=O) groups is 1. The number of methoxy groups -OCH3 is 1. The maximum absolute atomic E-state index is 12.5. The van der Waals surface area contributed by atoms with Gasteiger partial charge < -0.3 is 15.4 Å². The Labute approximate surface area is 224 Å². The number of benzene rings is 3. The summed E-state index contributed by atoms with van der Waals surface area (Å²) in [5.41, 5.74) is 5.31. The maximum atomic E-state index is 12.5. The summed E-state index contributed by atoms with van der Waals surface area (Å²) < 4.78 is 6.99. The number of nitrogens with zero attached hydrogens (tertiary/aromatic N) is 2. The van der Waals surface area contributed by atoms with Crippen molar-refractivity contribution in [1.82, 2.24) is 9.78 Å². The molecule has 0 amide bonds. The molecule has 5 rings (SSSR count). The molecule has 8 heteroatoms. The van der Waals surface area contributed by atoms with Gasteiger partial charge in [0.25, 0.3) is 0 Å². The molecule has 0 aliphatic heterocycles. The number of ether oxygens (including phenoxy) is 1. The molecule has 186 valence electrons. The topological polar surface area (TPSA) is 68.2 Å². The highest BCUT2D eigenvalue weighted by molar-refractivity contribution is 7.80. The van der Waals surface area contributed by atoms with E-state index in [1.807, 2.05) is 61.0 Å². The lowest BCUT2D eigenvalue weighted by atomic mass is 10.0. The van der Waals surface area contributed by atoms with E-state index in [1.54, 1.807) is 0 Å². The second-order valence-electron chi connectivity index (χ2n) is 8.63. The molecule has 5 aromatic rings. The van der Waals surface area contributed by atoms with E-state index in [1.165, 1.54) is 34.8 Å². The van der Waals surface area contributed by atoms with Crippen LogP contribution in [0.1, 0.15) is 27.3 Å². The SMILES string of the molecule is COC(=O)c1cc(-c2ccccc2)sc1NC(=S)Nc1c(C)nn(Cc2cccc3ccccc23)c1C. The summed E-state index contributed by atoms with van der Waals surface area (Å²) in [6.45, 7) is 4.62. The Bertz CT molecular complexity index is 1600. The average molecular weight is 527 g/mol. The van der Waals surface area contributed by atoms with Gasteiger partial charge in [0.2, 0.25) is 0 Å². The second kappa shape index (κ2) is 10.5. The summed E-state index contributed by atoms with van der Waals surface area (Å²) in [5, 5.41) is 14.7. The van der Waals surface area contributed by atoms with E-state index in [4.69, 9.17) is 22.1 Å². The highest BCUT2D eigenvalue weighted by Gasteiger charge is 2.20. The molecule has 0 bridgehead atoms. The van der Waals surface area contributed by atoms with Gasteiger partial charge in [0.1, 0.15) is 5.00 Å². The fourth-order valence-corrected chi connectivity index (χ4v) is 5.69. The Morgan fingerprint density at radius 3 is 2.51 bits per heavy atom. The summed E-state index contributed by atoms with van der Waals surface area (Å²) in [6.07, 6.45) is 0. The van der Waals surface area contributed by atoms with Gasteiger partial charge in [-0.15, -0.1) is 11.3 Å². The van der Waals surface area contributed by atoms with Crippen LogP contribution in [0.25, 0.3) is 21.2 Å². The normalized spacial score (nSPS) is 10.9. The largest absolute Gasteiger partial charge is 0.465 e. The van der Waals surface area contributed by atoms with Crippen LogP contribution in [0.3, 0.4) is 0 Å². The Kier molecular flexibility index (Phi) is 7.03. The summed E-state index contributed by atoms with van der Waals surface area (Å²) in [6, 6.07) is 26.4. The lowest BCUT2D eigenvalue weighted by Gasteiger charge is -2.12. The first-order valence-electron chi connectivity index (χ1n) is 11.8. The number of carbonyl (C=O) groups excluding carboxylic acids is 1. The van der Waals surface area contributed by atoms with Gasteiger partial charge in [-0.1, -0.05) is 72.8 Å². The Balaban J connectivity index is 1.38. The van der Waals surface area contributed by atoms with Crippen LogP contribution in [0, 0.1) is 13.8 Å². The molecule has 0 saturated carbocycles. The molecule has 37 heavy (non-hydrogen) atoms. The van der Waals surface area contributed by atoms with Crippen LogP contribution in [0.15, 0.2) is 78.9 Å². The van der Waals surface area contributed by atoms with Crippen molar-refractivity contribution in [3.63, 3.8) is 0 Å². The predicted molar refractivity (Wildman–Crippen MR) is 156 cm³/mol. The molecule has 2 N–H and O–H groups in total. The fraction of sp³-hybridized carbons (Fsp3) is 0.138.